The van der Waals surface area contributed by atoms with Crippen LogP contribution in [0.25, 0.3) is 10.9 Å². The molecule has 4 heteroatoms. The van der Waals surface area contributed by atoms with Crippen LogP contribution >= 0.6 is 0 Å². The maximum atomic E-state index is 12.5. The van der Waals surface area contributed by atoms with Crippen molar-refractivity contribution in [2.75, 3.05) is 6.54 Å². The average molecular weight is 317 g/mol. The quantitative estimate of drug-likeness (QED) is 0.691. The predicted octanol–water partition coefficient (Wildman–Crippen LogP) is -0.624. The summed E-state index contributed by atoms with van der Waals surface area (Å²) in [7, 11) is 0. The topological polar surface area (TPSA) is 38.6 Å². The third kappa shape index (κ3) is 1.76. The number of benzene rings is 1. The maximum Gasteiger partial charge on any atom is 0.231 e. The van der Waals surface area contributed by atoms with Crippen molar-refractivity contribution < 1.29 is 22.5 Å². The fourth-order valence-electron chi connectivity index (χ4n) is 5.12. The van der Waals surface area contributed by atoms with Crippen LogP contribution in [-0.2, 0) is 0 Å². The Kier molecular flexibility index (Phi) is 3.31. The monoisotopic (exact) mass is 316 g/mol. The molecule has 1 aromatic carbocycles. The number of fused-ring (bicyclic) bond motifs is 5. The molecule has 0 bridgehead atoms. The molecule has 0 saturated carbocycles. The number of hydrogen-bond acceptors (Lipinski definition) is 1. The van der Waals surface area contributed by atoms with Gasteiger partial charge in [0.1, 0.15) is 0 Å². The molecule has 3 heterocycles. The molecule has 22 heavy (non-hydrogen) atoms. The van der Waals surface area contributed by atoms with Gasteiger partial charge in [-0.15, -0.1) is 0 Å². The van der Waals surface area contributed by atoms with Gasteiger partial charge in [0.2, 0.25) is 5.91 Å². The average Bonchev–Trinajstić information content (AvgIpc) is 2.88. The smallest absolute Gasteiger partial charge is 0.231 e. The van der Waals surface area contributed by atoms with Crippen molar-refractivity contribution in [3.05, 3.63) is 35.5 Å². The third-order valence-electron chi connectivity index (χ3n) is 5.93. The minimum absolute atomic E-state index is 0. The molecule has 1 aliphatic carbocycles. The number of nitrogens with zero attached hydrogens (tertiary/aromatic N) is 1. The molecule has 3 aliphatic rings. The summed E-state index contributed by atoms with van der Waals surface area (Å²) in [5.74, 6) is 1.56. The Bertz CT molecular complexity index is 751. The molecule has 0 spiro atoms. The standard InChI is InChI=1S/C18H20N2O.ClH/c21-16-8-7-11-10-14-12(5-3-9-19-14)17-13-4-1-2-6-15(13)20(16)18(11)17;/h1-2,4,6,11-12,14,19H,3,5,7-10H2;1H/t11-,12-,14-;/m0./s1. The molecule has 1 fully saturated rings. The molecule has 1 aromatic heterocycles. The maximum absolute atomic E-state index is 12.5. The van der Waals surface area contributed by atoms with E-state index in [-0.39, 0.29) is 12.4 Å². The first-order valence-corrected chi connectivity index (χ1v) is 8.34. The Balaban J connectivity index is 0.00000125. The van der Waals surface area contributed by atoms with Crippen molar-refractivity contribution in [3.63, 3.8) is 0 Å². The van der Waals surface area contributed by atoms with Crippen molar-refractivity contribution in [1.29, 1.82) is 0 Å². The van der Waals surface area contributed by atoms with Gasteiger partial charge in [-0.3, -0.25) is 9.36 Å². The zero-order valence-electron chi connectivity index (χ0n) is 12.6. The number of para-hydroxylation sites is 1. The zero-order valence-corrected chi connectivity index (χ0v) is 13.4. The van der Waals surface area contributed by atoms with Crippen LogP contribution in [-0.4, -0.2) is 23.1 Å². The summed E-state index contributed by atoms with van der Waals surface area (Å²) in [4.78, 5) is 12.5. The van der Waals surface area contributed by atoms with Gasteiger partial charge in [0.05, 0.1) is 18.1 Å². The van der Waals surface area contributed by atoms with E-state index in [1.54, 1.807) is 0 Å². The van der Waals surface area contributed by atoms with Crippen LogP contribution in [0.3, 0.4) is 0 Å². The summed E-state index contributed by atoms with van der Waals surface area (Å²) in [5, 5.41) is 3.91. The SMILES string of the molecule is O=C1CC[C@H]2C[C@@H]3[NH2+]CCC[C@@H]3c3c2n1c1ccccc31.[Cl-]. The summed E-state index contributed by atoms with van der Waals surface area (Å²) in [6.07, 6.45) is 5.63. The number of carbonyl (C=O) groups excluding carboxylic acids is 1. The Morgan fingerprint density at radius 1 is 1.18 bits per heavy atom. The van der Waals surface area contributed by atoms with Crippen LogP contribution < -0.4 is 17.7 Å². The highest BCUT2D eigenvalue weighted by molar-refractivity contribution is 5.97. The molecule has 2 aliphatic heterocycles. The van der Waals surface area contributed by atoms with Gasteiger partial charge in [-0.2, -0.15) is 0 Å². The number of rotatable bonds is 0. The van der Waals surface area contributed by atoms with Crippen molar-refractivity contribution in [2.24, 2.45) is 0 Å². The summed E-state index contributed by atoms with van der Waals surface area (Å²) in [6, 6.07) is 9.30. The molecular formula is C18H21ClN2O. The summed E-state index contributed by atoms with van der Waals surface area (Å²) in [6.45, 7) is 1.28. The van der Waals surface area contributed by atoms with Crippen LogP contribution in [0, 0.1) is 0 Å². The van der Waals surface area contributed by atoms with Crippen LogP contribution in [0.1, 0.15) is 60.0 Å². The van der Waals surface area contributed by atoms with Gasteiger partial charge in [-0.05, 0) is 30.9 Å². The molecule has 0 unspecified atom stereocenters. The molecule has 3 nitrogen and oxygen atoms in total. The fourth-order valence-corrected chi connectivity index (χ4v) is 5.12. The van der Waals surface area contributed by atoms with Gasteiger partial charge < -0.3 is 17.7 Å². The van der Waals surface area contributed by atoms with Crippen molar-refractivity contribution >= 4 is 16.8 Å². The lowest BCUT2D eigenvalue weighted by atomic mass is 9.71. The second kappa shape index (κ2) is 5.10. The number of carbonyl (C=O) groups is 1. The number of aromatic nitrogens is 1. The first-order valence-electron chi connectivity index (χ1n) is 8.34. The highest BCUT2D eigenvalue weighted by Crippen LogP contribution is 2.49. The lowest BCUT2D eigenvalue weighted by Gasteiger charge is -2.39. The first-order chi connectivity index (χ1) is 10.3. The van der Waals surface area contributed by atoms with Crippen molar-refractivity contribution in [1.82, 2.24) is 4.57 Å². The van der Waals surface area contributed by atoms with Gasteiger partial charge in [-0.1, -0.05) is 18.2 Å². The predicted molar refractivity (Wildman–Crippen MR) is 81.7 cm³/mol. The summed E-state index contributed by atoms with van der Waals surface area (Å²) >= 11 is 0. The van der Waals surface area contributed by atoms with Crippen molar-refractivity contribution in [2.45, 2.75) is 50.0 Å². The van der Waals surface area contributed by atoms with Gasteiger partial charge in [-0.25, -0.2) is 0 Å². The fraction of sp³-hybridized carbons (Fsp3) is 0.500. The van der Waals surface area contributed by atoms with E-state index in [0.29, 0.717) is 24.2 Å². The molecular weight excluding hydrogens is 296 g/mol. The van der Waals surface area contributed by atoms with Crippen LogP contribution in [0.5, 0.6) is 0 Å². The molecule has 3 atom stereocenters. The molecule has 2 N–H and O–H groups in total. The Morgan fingerprint density at radius 2 is 2.05 bits per heavy atom. The third-order valence-corrected chi connectivity index (χ3v) is 5.93. The zero-order chi connectivity index (χ0) is 14.0. The van der Waals surface area contributed by atoms with E-state index >= 15 is 0 Å². The Labute approximate surface area is 136 Å². The second-order valence-electron chi connectivity index (χ2n) is 6.95. The van der Waals surface area contributed by atoms with E-state index in [0.717, 1.165) is 18.0 Å². The Morgan fingerprint density at radius 3 is 2.95 bits per heavy atom. The molecule has 5 rings (SSSR count). The lowest BCUT2D eigenvalue weighted by molar-refractivity contribution is -0.701. The van der Waals surface area contributed by atoms with E-state index in [4.69, 9.17) is 0 Å². The molecule has 116 valence electrons. The van der Waals surface area contributed by atoms with Crippen LogP contribution in [0.15, 0.2) is 24.3 Å². The van der Waals surface area contributed by atoms with Crippen LogP contribution in [0.4, 0.5) is 0 Å². The first kappa shape index (κ1) is 14.3. The molecule has 0 amide bonds. The summed E-state index contributed by atoms with van der Waals surface area (Å²) < 4.78 is 2.07. The van der Waals surface area contributed by atoms with Gasteiger partial charge in [0, 0.05) is 35.8 Å². The molecule has 2 aromatic rings. The van der Waals surface area contributed by atoms with Crippen LogP contribution in [0.2, 0.25) is 0 Å². The van der Waals surface area contributed by atoms with Gasteiger partial charge in [0.25, 0.3) is 0 Å². The highest BCUT2D eigenvalue weighted by Gasteiger charge is 2.44. The largest absolute Gasteiger partial charge is 1.00 e. The number of halogens is 1. The molecule has 0 radical (unpaired) electrons. The van der Waals surface area contributed by atoms with Crippen molar-refractivity contribution in [3.8, 4) is 0 Å². The number of hydrogen-bond donors (Lipinski definition) is 1. The highest BCUT2D eigenvalue weighted by atomic mass is 35.5. The minimum Gasteiger partial charge on any atom is -1.00 e. The summed E-state index contributed by atoms with van der Waals surface area (Å²) in [5.41, 5.74) is 4.06. The molecule has 1 saturated heterocycles. The number of nitrogens with two attached hydrogens (primary N) is 1. The van der Waals surface area contributed by atoms with Gasteiger partial charge in [0.15, 0.2) is 0 Å². The number of quaternary nitrogens is 1. The van der Waals surface area contributed by atoms with E-state index in [1.165, 1.54) is 42.5 Å². The van der Waals surface area contributed by atoms with E-state index in [2.05, 4.69) is 34.1 Å². The van der Waals surface area contributed by atoms with Gasteiger partial charge >= 0.3 is 0 Å². The lowest BCUT2D eigenvalue weighted by Crippen LogP contribution is -3.00. The Hall–Kier alpha value is -1.32. The minimum atomic E-state index is 0. The normalized spacial score (nSPS) is 29.6. The van der Waals surface area contributed by atoms with E-state index in [9.17, 15) is 4.79 Å². The second-order valence-corrected chi connectivity index (χ2v) is 6.95. The number of piperidine rings is 1. The van der Waals surface area contributed by atoms with E-state index < -0.39 is 0 Å². The van der Waals surface area contributed by atoms with E-state index in [1.807, 2.05) is 0 Å².